The van der Waals surface area contributed by atoms with Gasteiger partial charge in [0, 0.05) is 24.7 Å². The Balaban J connectivity index is 2.09. The smallest absolute Gasteiger partial charge is 0.0594 e. The predicted octanol–water partition coefficient (Wildman–Crippen LogP) is 2.37. The molecule has 1 fully saturated rings. The maximum atomic E-state index is 6.59. The van der Waals surface area contributed by atoms with E-state index < -0.39 is 0 Å². The van der Waals surface area contributed by atoms with Crippen LogP contribution >= 0.6 is 0 Å². The van der Waals surface area contributed by atoms with Gasteiger partial charge in [-0.25, -0.2) is 0 Å². The number of ether oxygens (including phenoxy) is 1. The van der Waals surface area contributed by atoms with Crippen LogP contribution in [0.4, 0.5) is 0 Å². The van der Waals surface area contributed by atoms with Gasteiger partial charge in [-0.05, 0) is 32.3 Å². The second kappa shape index (κ2) is 6.70. The summed E-state index contributed by atoms with van der Waals surface area (Å²) in [4.78, 5) is 2.51. The minimum atomic E-state index is 0.0491. The molecule has 2 N–H and O–H groups in total. The molecule has 3 heteroatoms. The maximum absolute atomic E-state index is 6.59. The van der Waals surface area contributed by atoms with E-state index in [1.54, 1.807) is 0 Å². The van der Waals surface area contributed by atoms with Gasteiger partial charge in [-0.3, -0.25) is 4.90 Å². The van der Waals surface area contributed by atoms with Crippen LogP contribution in [0.5, 0.6) is 0 Å². The molecule has 1 aliphatic rings. The van der Waals surface area contributed by atoms with Gasteiger partial charge in [0.1, 0.15) is 0 Å². The van der Waals surface area contributed by atoms with Gasteiger partial charge in [-0.1, -0.05) is 36.8 Å². The molecule has 2 rings (SSSR count). The summed E-state index contributed by atoms with van der Waals surface area (Å²) >= 11 is 0. The van der Waals surface area contributed by atoms with Crippen LogP contribution in [0.2, 0.25) is 0 Å². The molecule has 0 spiro atoms. The Morgan fingerprint density at radius 3 is 2.65 bits per heavy atom. The van der Waals surface area contributed by atoms with Crippen LogP contribution in [0.15, 0.2) is 24.3 Å². The fraction of sp³-hybridized carbons (Fsp3) is 0.647. The standard InChI is InChI=1S/C17H28N2O/c1-4-17(3,19-8-10-20-11-9-19)16(18)13-15-7-5-6-14(2)12-15/h5-7,12,16H,4,8-11,13,18H2,1-3H3. The molecule has 3 nitrogen and oxygen atoms in total. The first-order valence-corrected chi connectivity index (χ1v) is 7.70. The highest BCUT2D eigenvalue weighted by atomic mass is 16.5. The van der Waals surface area contributed by atoms with Crippen molar-refractivity contribution < 1.29 is 4.74 Å². The number of rotatable bonds is 5. The van der Waals surface area contributed by atoms with E-state index in [0.717, 1.165) is 39.1 Å². The zero-order chi connectivity index (χ0) is 14.6. The predicted molar refractivity (Wildman–Crippen MR) is 83.9 cm³/mol. The van der Waals surface area contributed by atoms with Crippen molar-refractivity contribution >= 4 is 0 Å². The van der Waals surface area contributed by atoms with E-state index in [2.05, 4.69) is 49.9 Å². The number of hydrogen-bond donors (Lipinski definition) is 1. The lowest BCUT2D eigenvalue weighted by Crippen LogP contribution is -2.61. The number of aryl methyl sites for hydroxylation is 1. The van der Waals surface area contributed by atoms with Crippen LogP contribution < -0.4 is 5.73 Å². The largest absolute Gasteiger partial charge is 0.379 e. The molecule has 0 radical (unpaired) electrons. The fourth-order valence-corrected chi connectivity index (χ4v) is 3.11. The maximum Gasteiger partial charge on any atom is 0.0594 e. The first-order chi connectivity index (χ1) is 9.56. The summed E-state index contributed by atoms with van der Waals surface area (Å²) in [7, 11) is 0. The normalized spacial score (nSPS) is 21.4. The van der Waals surface area contributed by atoms with Gasteiger partial charge in [0.2, 0.25) is 0 Å². The molecule has 2 atom stereocenters. The quantitative estimate of drug-likeness (QED) is 0.897. The highest BCUT2D eigenvalue weighted by Gasteiger charge is 2.36. The van der Waals surface area contributed by atoms with Gasteiger partial charge in [-0.15, -0.1) is 0 Å². The number of nitrogens with two attached hydrogens (primary N) is 1. The lowest BCUT2D eigenvalue weighted by molar-refractivity contribution is -0.0272. The molecule has 2 unspecified atom stereocenters. The van der Waals surface area contributed by atoms with Crippen LogP contribution in [0.3, 0.4) is 0 Å². The van der Waals surface area contributed by atoms with Gasteiger partial charge in [0.25, 0.3) is 0 Å². The van der Waals surface area contributed by atoms with Crippen LogP contribution in [-0.2, 0) is 11.2 Å². The first-order valence-electron chi connectivity index (χ1n) is 7.70. The summed E-state index contributed by atoms with van der Waals surface area (Å²) in [5, 5.41) is 0. The highest BCUT2D eigenvalue weighted by molar-refractivity contribution is 5.23. The van der Waals surface area contributed by atoms with Gasteiger partial charge in [0.15, 0.2) is 0 Å². The third-order valence-corrected chi connectivity index (χ3v) is 4.79. The zero-order valence-corrected chi connectivity index (χ0v) is 13.1. The molecule has 1 aliphatic heterocycles. The van der Waals surface area contributed by atoms with Crippen molar-refractivity contribution in [1.29, 1.82) is 0 Å². The summed E-state index contributed by atoms with van der Waals surface area (Å²) in [6.45, 7) is 10.3. The average Bonchev–Trinajstić information content (AvgIpc) is 2.47. The van der Waals surface area contributed by atoms with Crippen LogP contribution in [0.1, 0.15) is 31.4 Å². The van der Waals surface area contributed by atoms with Crippen molar-refractivity contribution in [3.05, 3.63) is 35.4 Å². The SMILES string of the molecule is CCC(C)(C(N)Cc1cccc(C)c1)N1CCOCC1. The Bertz CT molecular complexity index is 429. The molecule has 112 valence electrons. The van der Waals surface area contributed by atoms with Gasteiger partial charge < -0.3 is 10.5 Å². The van der Waals surface area contributed by atoms with Crippen molar-refractivity contribution in [3.8, 4) is 0 Å². The van der Waals surface area contributed by atoms with Gasteiger partial charge >= 0.3 is 0 Å². The monoisotopic (exact) mass is 276 g/mol. The summed E-state index contributed by atoms with van der Waals surface area (Å²) in [5.74, 6) is 0. The molecule has 0 saturated carbocycles. The number of morpholine rings is 1. The van der Waals surface area contributed by atoms with E-state index in [0.29, 0.717) is 0 Å². The fourth-order valence-electron chi connectivity index (χ4n) is 3.11. The van der Waals surface area contributed by atoms with Crippen molar-refractivity contribution in [1.82, 2.24) is 4.90 Å². The lowest BCUT2D eigenvalue weighted by atomic mass is 9.83. The minimum absolute atomic E-state index is 0.0491. The van der Waals surface area contributed by atoms with E-state index >= 15 is 0 Å². The van der Waals surface area contributed by atoms with Crippen molar-refractivity contribution in [2.45, 2.75) is 45.2 Å². The van der Waals surface area contributed by atoms with Crippen molar-refractivity contribution in [3.63, 3.8) is 0 Å². The Morgan fingerprint density at radius 1 is 1.35 bits per heavy atom. The van der Waals surface area contributed by atoms with Crippen molar-refractivity contribution in [2.75, 3.05) is 26.3 Å². The van der Waals surface area contributed by atoms with Gasteiger partial charge in [-0.2, -0.15) is 0 Å². The first kappa shape index (κ1) is 15.5. The molecule has 0 aliphatic carbocycles. The van der Waals surface area contributed by atoms with E-state index in [-0.39, 0.29) is 11.6 Å². The molecule has 1 saturated heterocycles. The van der Waals surface area contributed by atoms with Crippen LogP contribution in [0.25, 0.3) is 0 Å². The molecule has 20 heavy (non-hydrogen) atoms. The van der Waals surface area contributed by atoms with E-state index in [1.807, 2.05) is 0 Å². The topological polar surface area (TPSA) is 38.5 Å². The van der Waals surface area contributed by atoms with Crippen molar-refractivity contribution in [2.24, 2.45) is 5.73 Å². The molecule has 1 heterocycles. The summed E-state index contributed by atoms with van der Waals surface area (Å²) in [5.41, 5.74) is 9.29. The molecular weight excluding hydrogens is 248 g/mol. The Kier molecular flexibility index (Phi) is 5.19. The molecule has 0 amide bonds. The minimum Gasteiger partial charge on any atom is -0.379 e. The Labute approximate surface area is 123 Å². The second-order valence-corrected chi connectivity index (χ2v) is 6.11. The third-order valence-electron chi connectivity index (χ3n) is 4.79. The molecule has 0 aromatic heterocycles. The summed E-state index contributed by atoms with van der Waals surface area (Å²) in [6.07, 6.45) is 2.00. The molecule has 0 bridgehead atoms. The molecule has 1 aromatic rings. The van der Waals surface area contributed by atoms with Crippen LogP contribution in [-0.4, -0.2) is 42.8 Å². The second-order valence-electron chi connectivity index (χ2n) is 6.11. The average molecular weight is 276 g/mol. The van der Waals surface area contributed by atoms with E-state index in [4.69, 9.17) is 10.5 Å². The number of hydrogen-bond acceptors (Lipinski definition) is 3. The molecule has 1 aromatic carbocycles. The lowest BCUT2D eigenvalue weighted by Gasteiger charge is -2.46. The summed E-state index contributed by atoms with van der Waals surface area (Å²) < 4.78 is 5.47. The van der Waals surface area contributed by atoms with Gasteiger partial charge in [0.05, 0.1) is 13.2 Å². The number of benzene rings is 1. The molecular formula is C17H28N2O. The Hall–Kier alpha value is -0.900. The highest BCUT2D eigenvalue weighted by Crippen LogP contribution is 2.26. The van der Waals surface area contributed by atoms with Crippen LogP contribution in [0, 0.1) is 6.92 Å². The zero-order valence-electron chi connectivity index (χ0n) is 13.1. The van der Waals surface area contributed by atoms with E-state index in [9.17, 15) is 0 Å². The third kappa shape index (κ3) is 3.40. The Morgan fingerprint density at radius 2 is 2.05 bits per heavy atom. The number of nitrogens with zero attached hydrogens (tertiary/aromatic N) is 1. The van der Waals surface area contributed by atoms with E-state index in [1.165, 1.54) is 11.1 Å². The summed E-state index contributed by atoms with van der Waals surface area (Å²) in [6, 6.07) is 8.83.